The summed E-state index contributed by atoms with van der Waals surface area (Å²) in [5.74, 6) is 0.289. The molecule has 5 heteroatoms. The SMILES string of the molecule is CCNCc1cc(Cl)cc(Cl)c1OCc1cccc(F)c1. The molecule has 21 heavy (non-hydrogen) atoms. The van der Waals surface area contributed by atoms with Crippen molar-refractivity contribution >= 4 is 23.2 Å². The lowest BCUT2D eigenvalue weighted by Crippen LogP contribution is -2.13. The lowest BCUT2D eigenvalue weighted by Gasteiger charge is -2.14. The number of nitrogens with one attached hydrogen (secondary N) is 1. The van der Waals surface area contributed by atoms with Crippen LogP contribution in [0, 0.1) is 5.82 Å². The van der Waals surface area contributed by atoms with Gasteiger partial charge in [0.25, 0.3) is 0 Å². The van der Waals surface area contributed by atoms with Crippen LogP contribution in [-0.2, 0) is 13.2 Å². The van der Waals surface area contributed by atoms with Crippen LogP contribution in [0.4, 0.5) is 4.39 Å². The number of benzene rings is 2. The maximum atomic E-state index is 13.2. The average Bonchev–Trinajstić information content (AvgIpc) is 2.44. The van der Waals surface area contributed by atoms with Crippen LogP contribution in [0.25, 0.3) is 0 Å². The number of halogens is 3. The summed E-state index contributed by atoms with van der Waals surface area (Å²) in [6.07, 6.45) is 0. The van der Waals surface area contributed by atoms with Gasteiger partial charge >= 0.3 is 0 Å². The van der Waals surface area contributed by atoms with E-state index < -0.39 is 0 Å². The topological polar surface area (TPSA) is 21.3 Å². The molecule has 0 saturated carbocycles. The van der Waals surface area contributed by atoms with Crippen molar-refractivity contribution in [1.82, 2.24) is 5.32 Å². The minimum Gasteiger partial charge on any atom is -0.487 e. The minimum atomic E-state index is -0.286. The standard InChI is InChI=1S/C16H16Cl2FNO/c1-2-20-9-12-7-13(17)8-15(18)16(12)21-10-11-4-3-5-14(19)6-11/h3-8,20H,2,9-10H2,1H3. The number of hydrogen-bond donors (Lipinski definition) is 1. The van der Waals surface area contributed by atoms with Crippen LogP contribution >= 0.6 is 23.2 Å². The van der Waals surface area contributed by atoms with Gasteiger partial charge < -0.3 is 10.1 Å². The van der Waals surface area contributed by atoms with Gasteiger partial charge in [-0.25, -0.2) is 4.39 Å². The third-order valence-electron chi connectivity index (χ3n) is 2.92. The Hall–Kier alpha value is -1.29. The summed E-state index contributed by atoms with van der Waals surface area (Å²) < 4.78 is 18.9. The van der Waals surface area contributed by atoms with Crippen LogP contribution in [0.1, 0.15) is 18.1 Å². The Kier molecular flexibility index (Phi) is 5.85. The molecule has 0 spiro atoms. The summed E-state index contributed by atoms with van der Waals surface area (Å²) in [7, 11) is 0. The first-order valence-corrected chi connectivity index (χ1v) is 7.41. The molecule has 0 heterocycles. The highest BCUT2D eigenvalue weighted by Gasteiger charge is 2.11. The molecule has 0 radical (unpaired) electrons. The Labute approximate surface area is 133 Å². The van der Waals surface area contributed by atoms with E-state index in [9.17, 15) is 4.39 Å². The molecule has 2 nitrogen and oxygen atoms in total. The first-order valence-electron chi connectivity index (χ1n) is 6.66. The predicted molar refractivity (Wildman–Crippen MR) is 84.6 cm³/mol. The molecule has 2 aromatic rings. The van der Waals surface area contributed by atoms with Crippen LogP contribution < -0.4 is 10.1 Å². The summed E-state index contributed by atoms with van der Waals surface area (Å²) in [6.45, 7) is 3.69. The zero-order chi connectivity index (χ0) is 15.2. The monoisotopic (exact) mass is 327 g/mol. The van der Waals surface area contributed by atoms with Gasteiger partial charge in [-0.1, -0.05) is 42.3 Å². The number of rotatable bonds is 6. The second-order valence-electron chi connectivity index (χ2n) is 4.57. The molecule has 0 aliphatic heterocycles. The van der Waals surface area contributed by atoms with Gasteiger partial charge in [-0.3, -0.25) is 0 Å². The summed E-state index contributed by atoms with van der Waals surface area (Å²) in [6, 6.07) is 9.74. The fourth-order valence-electron chi connectivity index (χ4n) is 1.95. The molecule has 1 N–H and O–H groups in total. The minimum absolute atomic E-state index is 0.248. The van der Waals surface area contributed by atoms with Crippen molar-refractivity contribution in [2.75, 3.05) is 6.54 Å². The summed E-state index contributed by atoms with van der Waals surface area (Å²) in [4.78, 5) is 0. The number of hydrogen-bond acceptors (Lipinski definition) is 2. The molecule has 2 aromatic carbocycles. The van der Waals surface area contributed by atoms with Crippen LogP contribution in [0.15, 0.2) is 36.4 Å². The van der Waals surface area contributed by atoms with E-state index in [4.69, 9.17) is 27.9 Å². The van der Waals surface area contributed by atoms with Crippen molar-refractivity contribution in [2.45, 2.75) is 20.1 Å². The van der Waals surface area contributed by atoms with Gasteiger partial charge in [0.2, 0.25) is 0 Å². The second kappa shape index (κ2) is 7.64. The van der Waals surface area contributed by atoms with Gasteiger partial charge in [0.15, 0.2) is 0 Å². The van der Waals surface area contributed by atoms with E-state index in [2.05, 4.69) is 5.32 Å². The maximum Gasteiger partial charge on any atom is 0.142 e. The zero-order valence-electron chi connectivity index (χ0n) is 11.6. The lowest BCUT2D eigenvalue weighted by atomic mass is 10.2. The van der Waals surface area contributed by atoms with E-state index in [1.54, 1.807) is 18.2 Å². The molecular formula is C16H16Cl2FNO. The third kappa shape index (κ3) is 4.60. The van der Waals surface area contributed by atoms with E-state index in [-0.39, 0.29) is 12.4 Å². The Bertz CT molecular complexity index is 619. The molecule has 112 valence electrons. The highest BCUT2D eigenvalue weighted by molar-refractivity contribution is 6.35. The van der Waals surface area contributed by atoms with Crippen molar-refractivity contribution in [2.24, 2.45) is 0 Å². The highest BCUT2D eigenvalue weighted by Crippen LogP contribution is 2.33. The molecule has 0 amide bonds. The smallest absolute Gasteiger partial charge is 0.142 e. The largest absolute Gasteiger partial charge is 0.487 e. The lowest BCUT2D eigenvalue weighted by molar-refractivity contribution is 0.302. The molecule has 0 aliphatic carbocycles. The van der Waals surface area contributed by atoms with Crippen LogP contribution in [-0.4, -0.2) is 6.54 Å². The van der Waals surface area contributed by atoms with E-state index in [1.165, 1.54) is 12.1 Å². The van der Waals surface area contributed by atoms with Crippen molar-refractivity contribution in [3.05, 3.63) is 63.4 Å². The fourth-order valence-corrected chi connectivity index (χ4v) is 2.54. The van der Waals surface area contributed by atoms with E-state index >= 15 is 0 Å². The van der Waals surface area contributed by atoms with Gasteiger partial charge in [0.05, 0.1) is 5.02 Å². The normalized spacial score (nSPS) is 10.7. The highest BCUT2D eigenvalue weighted by atomic mass is 35.5. The fraction of sp³-hybridized carbons (Fsp3) is 0.250. The quantitative estimate of drug-likeness (QED) is 0.821. The van der Waals surface area contributed by atoms with Crippen LogP contribution in [0.2, 0.25) is 10.0 Å². The van der Waals surface area contributed by atoms with Gasteiger partial charge in [-0.15, -0.1) is 0 Å². The first-order chi connectivity index (χ1) is 10.1. The third-order valence-corrected chi connectivity index (χ3v) is 3.42. The van der Waals surface area contributed by atoms with Crippen molar-refractivity contribution < 1.29 is 9.13 Å². The predicted octanol–water partition coefficient (Wildman–Crippen LogP) is 4.82. The molecule has 0 aliphatic rings. The van der Waals surface area contributed by atoms with E-state index in [1.807, 2.05) is 13.0 Å². The van der Waals surface area contributed by atoms with Gasteiger partial charge in [-0.05, 0) is 36.4 Å². The van der Waals surface area contributed by atoms with Gasteiger partial charge in [0, 0.05) is 17.1 Å². The Morgan fingerprint density at radius 1 is 1.19 bits per heavy atom. The maximum absolute atomic E-state index is 13.2. The van der Waals surface area contributed by atoms with E-state index in [0.29, 0.717) is 22.3 Å². The zero-order valence-corrected chi connectivity index (χ0v) is 13.1. The molecule has 0 atom stereocenters. The molecule has 0 aromatic heterocycles. The second-order valence-corrected chi connectivity index (χ2v) is 5.42. The molecular weight excluding hydrogens is 312 g/mol. The van der Waals surface area contributed by atoms with E-state index in [0.717, 1.165) is 17.7 Å². The summed E-state index contributed by atoms with van der Waals surface area (Å²) >= 11 is 12.2. The average molecular weight is 328 g/mol. The summed E-state index contributed by atoms with van der Waals surface area (Å²) in [5.41, 5.74) is 1.63. The van der Waals surface area contributed by atoms with Crippen molar-refractivity contribution in [3.8, 4) is 5.75 Å². The Morgan fingerprint density at radius 3 is 2.71 bits per heavy atom. The van der Waals surface area contributed by atoms with Gasteiger partial charge in [0.1, 0.15) is 18.2 Å². The van der Waals surface area contributed by atoms with Crippen LogP contribution in [0.5, 0.6) is 5.75 Å². The molecule has 0 saturated heterocycles. The first kappa shape index (κ1) is 16.1. The van der Waals surface area contributed by atoms with Crippen molar-refractivity contribution in [1.29, 1.82) is 0 Å². The van der Waals surface area contributed by atoms with Crippen LogP contribution in [0.3, 0.4) is 0 Å². The Balaban J connectivity index is 2.18. The molecule has 0 bridgehead atoms. The molecule has 0 fully saturated rings. The van der Waals surface area contributed by atoms with Gasteiger partial charge in [-0.2, -0.15) is 0 Å². The summed E-state index contributed by atoms with van der Waals surface area (Å²) in [5, 5.41) is 4.22. The molecule has 2 rings (SSSR count). The molecule has 0 unspecified atom stereocenters. The number of ether oxygens (including phenoxy) is 1. The Morgan fingerprint density at radius 2 is 2.00 bits per heavy atom. The van der Waals surface area contributed by atoms with Crippen molar-refractivity contribution in [3.63, 3.8) is 0 Å².